The lowest BCUT2D eigenvalue weighted by molar-refractivity contribution is 0.519. The lowest BCUT2D eigenvalue weighted by Crippen LogP contribution is -2.05. The first-order chi connectivity index (χ1) is 7.61. The van der Waals surface area contributed by atoms with Crippen LogP contribution in [0.2, 0.25) is 5.02 Å². The highest BCUT2D eigenvalue weighted by atomic mass is 35.5. The topological polar surface area (TPSA) is 69.6 Å². The van der Waals surface area contributed by atoms with Gasteiger partial charge in [-0.15, -0.1) is 5.10 Å². The summed E-state index contributed by atoms with van der Waals surface area (Å²) >= 11 is 6.13. The van der Waals surface area contributed by atoms with E-state index in [1.54, 1.807) is 10.7 Å². The first-order valence-electron chi connectivity index (χ1n) is 4.93. The molecule has 2 N–H and O–H groups in total. The number of nitrogens with zero attached hydrogens (tertiary/aromatic N) is 4. The summed E-state index contributed by atoms with van der Waals surface area (Å²) in [4.78, 5) is 0. The number of rotatable bonds is 2. The molecule has 1 aromatic carbocycles. The van der Waals surface area contributed by atoms with Crippen LogP contribution in [0.3, 0.4) is 0 Å². The summed E-state index contributed by atoms with van der Waals surface area (Å²) in [6.07, 6.45) is 0. The normalized spacial score (nSPS) is 11.0. The zero-order valence-corrected chi connectivity index (χ0v) is 9.81. The molecule has 1 heterocycles. The first kappa shape index (κ1) is 10.9. The number of nitrogens with two attached hydrogens (primary N) is 1. The summed E-state index contributed by atoms with van der Waals surface area (Å²) in [6, 6.07) is 5.59. The van der Waals surface area contributed by atoms with Crippen molar-refractivity contribution in [3.63, 3.8) is 0 Å². The van der Waals surface area contributed by atoms with Gasteiger partial charge in [0.2, 0.25) is 0 Å². The van der Waals surface area contributed by atoms with Gasteiger partial charge in [0.05, 0.1) is 16.8 Å². The third-order valence-electron chi connectivity index (χ3n) is 2.25. The smallest absolute Gasteiger partial charge is 0.183 e. The fourth-order valence-corrected chi connectivity index (χ4v) is 1.65. The minimum Gasteiger partial charge on any atom is -0.398 e. The van der Waals surface area contributed by atoms with E-state index in [2.05, 4.69) is 15.5 Å². The van der Waals surface area contributed by atoms with E-state index >= 15 is 0 Å². The predicted octanol–water partition coefficient (Wildman–Crippen LogP) is 2.16. The Balaban J connectivity index is 2.59. The average molecular weight is 238 g/mol. The molecular formula is C10H12ClN5. The van der Waals surface area contributed by atoms with Crippen molar-refractivity contribution in [3.05, 3.63) is 23.2 Å². The molecule has 0 atom stereocenters. The van der Waals surface area contributed by atoms with E-state index in [9.17, 15) is 0 Å². The molecule has 0 fully saturated rings. The monoisotopic (exact) mass is 237 g/mol. The largest absolute Gasteiger partial charge is 0.398 e. The lowest BCUT2D eigenvalue weighted by Gasteiger charge is -2.09. The van der Waals surface area contributed by atoms with Crippen molar-refractivity contribution < 1.29 is 0 Å². The molecule has 0 aliphatic rings. The number of hydrogen-bond acceptors (Lipinski definition) is 4. The minimum atomic E-state index is 0.169. The van der Waals surface area contributed by atoms with Crippen molar-refractivity contribution in [1.82, 2.24) is 20.2 Å². The van der Waals surface area contributed by atoms with Gasteiger partial charge in [0, 0.05) is 5.56 Å². The molecule has 0 aliphatic carbocycles. The van der Waals surface area contributed by atoms with E-state index in [1.165, 1.54) is 0 Å². The van der Waals surface area contributed by atoms with Crippen LogP contribution in [-0.2, 0) is 0 Å². The quantitative estimate of drug-likeness (QED) is 0.813. The zero-order chi connectivity index (χ0) is 11.7. The Hall–Kier alpha value is -1.62. The van der Waals surface area contributed by atoms with Gasteiger partial charge in [0.25, 0.3) is 0 Å². The van der Waals surface area contributed by atoms with Gasteiger partial charge in [-0.3, -0.25) is 0 Å². The number of nitrogen functional groups attached to an aromatic ring is 1. The average Bonchev–Trinajstić information content (AvgIpc) is 2.70. The molecule has 6 heteroatoms. The van der Waals surface area contributed by atoms with Crippen molar-refractivity contribution >= 4 is 17.3 Å². The summed E-state index contributed by atoms with van der Waals surface area (Å²) in [5, 5.41) is 12.0. The molecule has 1 aromatic heterocycles. The van der Waals surface area contributed by atoms with Crippen LogP contribution in [-0.4, -0.2) is 20.2 Å². The Morgan fingerprint density at radius 2 is 2.12 bits per heavy atom. The van der Waals surface area contributed by atoms with E-state index in [4.69, 9.17) is 17.3 Å². The fraction of sp³-hybridized carbons (Fsp3) is 0.300. The molecule has 0 aliphatic heterocycles. The van der Waals surface area contributed by atoms with Gasteiger partial charge >= 0.3 is 0 Å². The van der Waals surface area contributed by atoms with Gasteiger partial charge < -0.3 is 5.73 Å². The van der Waals surface area contributed by atoms with Crippen LogP contribution in [0.15, 0.2) is 18.2 Å². The van der Waals surface area contributed by atoms with Crippen molar-refractivity contribution in [2.45, 2.75) is 19.9 Å². The molecule has 0 saturated heterocycles. The summed E-state index contributed by atoms with van der Waals surface area (Å²) in [5.41, 5.74) is 7.02. The highest BCUT2D eigenvalue weighted by Gasteiger charge is 2.15. The first-order valence-corrected chi connectivity index (χ1v) is 5.31. The van der Waals surface area contributed by atoms with Crippen molar-refractivity contribution in [3.8, 4) is 11.4 Å². The minimum absolute atomic E-state index is 0.169. The van der Waals surface area contributed by atoms with Crippen LogP contribution in [0.5, 0.6) is 0 Å². The molecule has 0 bridgehead atoms. The van der Waals surface area contributed by atoms with Crippen molar-refractivity contribution in [1.29, 1.82) is 0 Å². The van der Waals surface area contributed by atoms with Crippen LogP contribution in [0.4, 0.5) is 5.69 Å². The Labute approximate surface area is 98.2 Å². The van der Waals surface area contributed by atoms with Gasteiger partial charge in [-0.1, -0.05) is 17.7 Å². The predicted molar refractivity (Wildman–Crippen MR) is 63.1 cm³/mol. The van der Waals surface area contributed by atoms with E-state index in [0.717, 1.165) is 5.56 Å². The van der Waals surface area contributed by atoms with E-state index in [-0.39, 0.29) is 6.04 Å². The van der Waals surface area contributed by atoms with Crippen LogP contribution >= 0.6 is 11.6 Å². The van der Waals surface area contributed by atoms with Gasteiger partial charge in [0.15, 0.2) is 5.82 Å². The third kappa shape index (κ3) is 1.74. The number of anilines is 1. The highest BCUT2D eigenvalue weighted by molar-refractivity contribution is 6.35. The Bertz CT molecular complexity index is 506. The van der Waals surface area contributed by atoms with Crippen LogP contribution in [0.25, 0.3) is 11.4 Å². The summed E-state index contributed by atoms with van der Waals surface area (Å²) < 4.78 is 1.71. The number of aromatic nitrogens is 4. The summed E-state index contributed by atoms with van der Waals surface area (Å²) in [5.74, 6) is 0.632. The number of benzene rings is 1. The molecule has 16 heavy (non-hydrogen) atoms. The standard InChI is InChI=1S/C10H12ClN5/c1-6(2)16-10(13-14-15-16)7-4-3-5-8(12)9(7)11/h3-6H,12H2,1-2H3. The number of tetrazole rings is 1. The van der Waals surface area contributed by atoms with Crippen LogP contribution < -0.4 is 5.73 Å². The van der Waals surface area contributed by atoms with Crippen LogP contribution in [0, 0.1) is 0 Å². The summed E-state index contributed by atoms with van der Waals surface area (Å²) in [6.45, 7) is 4.00. The van der Waals surface area contributed by atoms with Gasteiger partial charge in [-0.05, 0) is 36.4 Å². The second-order valence-corrected chi connectivity index (χ2v) is 4.13. The molecule has 0 saturated carbocycles. The molecule has 0 amide bonds. The Morgan fingerprint density at radius 1 is 1.38 bits per heavy atom. The van der Waals surface area contributed by atoms with Crippen molar-refractivity contribution in [2.75, 3.05) is 5.73 Å². The zero-order valence-electron chi connectivity index (χ0n) is 9.05. The molecule has 2 rings (SSSR count). The molecular weight excluding hydrogens is 226 g/mol. The molecule has 84 valence electrons. The molecule has 5 nitrogen and oxygen atoms in total. The highest BCUT2D eigenvalue weighted by Crippen LogP contribution is 2.31. The maximum Gasteiger partial charge on any atom is 0.183 e. The van der Waals surface area contributed by atoms with E-state index in [0.29, 0.717) is 16.5 Å². The maximum absolute atomic E-state index is 6.13. The van der Waals surface area contributed by atoms with Crippen LogP contribution in [0.1, 0.15) is 19.9 Å². The second-order valence-electron chi connectivity index (χ2n) is 3.75. The molecule has 0 radical (unpaired) electrons. The third-order valence-corrected chi connectivity index (χ3v) is 2.67. The van der Waals surface area contributed by atoms with E-state index in [1.807, 2.05) is 26.0 Å². The lowest BCUT2D eigenvalue weighted by atomic mass is 10.2. The second kappa shape index (κ2) is 4.09. The maximum atomic E-state index is 6.13. The van der Waals surface area contributed by atoms with Gasteiger partial charge in [-0.2, -0.15) is 0 Å². The molecule has 2 aromatic rings. The van der Waals surface area contributed by atoms with Gasteiger partial charge in [0.1, 0.15) is 0 Å². The SMILES string of the molecule is CC(C)n1nnnc1-c1cccc(N)c1Cl. The Morgan fingerprint density at radius 3 is 2.81 bits per heavy atom. The van der Waals surface area contributed by atoms with E-state index < -0.39 is 0 Å². The van der Waals surface area contributed by atoms with Gasteiger partial charge in [-0.25, -0.2) is 4.68 Å². The molecule has 0 unspecified atom stereocenters. The fourth-order valence-electron chi connectivity index (χ4n) is 1.44. The number of hydrogen-bond donors (Lipinski definition) is 1. The molecule has 0 spiro atoms. The van der Waals surface area contributed by atoms with Crippen molar-refractivity contribution in [2.24, 2.45) is 0 Å². The number of halogens is 1. The Kier molecular flexibility index (Phi) is 2.78. The summed E-state index contributed by atoms with van der Waals surface area (Å²) in [7, 11) is 0.